The van der Waals surface area contributed by atoms with Gasteiger partial charge in [-0.3, -0.25) is 5.10 Å². The maximum Gasteiger partial charge on any atom is 0.338 e. The van der Waals surface area contributed by atoms with Crippen molar-refractivity contribution in [3.63, 3.8) is 0 Å². The molecular weight excluding hydrogens is 322 g/mol. The number of esters is 1. The lowest BCUT2D eigenvalue weighted by Gasteiger charge is -2.09. The minimum absolute atomic E-state index is 0.314. The molecule has 0 aliphatic carbocycles. The monoisotopic (exact) mass is 337 g/mol. The van der Waals surface area contributed by atoms with Crippen LogP contribution in [0.2, 0.25) is 0 Å². The van der Waals surface area contributed by atoms with E-state index >= 15 is 0 Å². The SMILES string of the molecule is CCOC(=O)c1ccc(NCc2cn[nH]c2C)c(Br)c1. The van der Waals surface area contributed by atoms with Crippen molar-refractivity contribution in [2.24, 2.45) is 0 Å². The summed E-state index contributed by atoms with van der Waals surface area (Å²) in [5.41, 5.74) is 3.59. The number of ether oxygens (including phenoxy) is 1. The first-order valence-electron chi connectivity index (χ1n) is 6.31. The summed E-state index contributed by atoms with van der Waals surface area (Å²) < 4.78 is 5.79. The Kier molecular flexibility index (Phi) is 4.79. The molecule has 0 amide bonds. The molecule has 5 nitrogen and oxygen atoms in total. The van der Waals surface area contributed by atoms with Gasteiger partial charge in [-0.15, -0.1) is 0 Å². The fraction of sp³-hybridized carbons (Fsp3) is 0.286. The van der Waals surface area contributed by atoms with E-state index in [0.29, 0.717) is 18.7 Å². The third-order valence-electron chi connectivity index (χ3n) is 2.88. The van der Waals surface area contributed by atoms with E-state index in [9.17, 15) is 4.79 Å². The second-order valence-electron chi connectivity index (χ2n) is 4.29. The topological polar surface area (TPSA) is 67.0 Å². The van der Waals surface area contributed by atoms with Gasteiger partial charge in [-0.25, -0.2) is 4.79 Å². The number of H-pyrrole nitrogens is 1. The number of hydrogen-bond acceptors (Lipinski definition) is 4. The number of nitrogens with zero attached hydrogens (tertiary/aromatic N) is 1. The Balaban J connectivity index is 2.06. The second-order valence-corrected chi connectivity index (χ2v) is 5.14. The smallest absolute Gasteiger partial charge is 0.338 e. The summed E-state index contributed by atoms with van der Waals surface area (Å²) in [4.78, 5) is 11.6. The van der Waals surface area contributed by atoms with E-state index in [1.165, 1.54) is 0 Å². The summed E-state index contributed by atoms with van der Waals surface area (Å²) in [5, 5.41) is 10.2. The Morgan fingerprint density at radius 2 is 2.30 bits per heavy atom. The average Bonchev–Trinajstić information content (AvgIpc) is 2.83. The zero-order valence-electron chi connectivity index (χ0n) is 11.4. The number of hydrogen-bond donors (Lipinski definition) is 2. The number of aromatic nitrogens is 2. The van der Waals surface area contributed by atoms with E-state index in [2.05, 4.69) is 31.4 Å². The first-order chi connectivity index (χ1) is 9.61. The number of rotatable bonds is 5. The molecule has 0 spiro atoms. The van der Waals surface area contributed by atoms with Gasteiger partial charge in [0.25, 0.3) is 0 Å². The molecule has 1 heterocycles. The normalized spacial score (nSPS) is 10.3. The molecule has 2 aromatic rings. The van der Waals surface area contributed by atoms with Crippen LogP contribution in [0.1, 0.15) is 28.5 Å². The van der Waals surface area contributed by atoms with E-state index in [1.807, 2.05) is 13.0 Å². The summed E-state index contributed by atoms with van der Waals surface area (Å²) in [6, 6.07) is 5.35. The van der Waals surface area contributed by atoms with Crippen molar-refractivity contribution in [2.75, 3.05) is 11.9 Å². The predicted octanol–water partition coefficient (Wildman–Crippen LogP) is 3.27. The molecule has 0 bridgehead atoms. The van der Waals surface area contributed by atoms with Gasteiger partial charge in [-0.05, 0) is 48.0 Å². The molecule has 106 valence electrons. The van der Waals surface area contributed by atoms with Crippen molar-refractivity contribution in [1.29, 1.82) is 0 Å². The number of aryl methyl sites for hydroxylation is 1. The third kappa shape index (κ3) is 3.39. The van der Waals surface area contributed by atoms with E-state index in [0.717, 1.165) is 21.4 Å². The van der Waals surface area contributed by atoms with Crippen molar-refractivity contribution in [1.82, 2.24) is 10.2 Å². The molecule has 20 heavy (non-hydrogen) atoms. The Labute approximate surface area is 125 Å². The lowest BCUT2D eigenvalue weighted by molar-refractivity contribution is 0.0526. The van der Waals surface area contributed by atoms with E-state index in [1.54, 1.807) is 25.3 Å². The number of anilines is 1. The highest BCUT2D eigenvalue weighted by Gasteiger charge is 2.09. The zero-order chi connectivity index (χ0) is 14.5. The molecule has 0 aliphatic rings. The number of aromatic amines is 1. The van der Waals surface area contributed by atoms with Gasteiger partial charge in [0.05, 0.1) is 18.4 Å². The number of carbonyl (C=O) groups is 1. The van der Waals surface area contributed by atoms with Crippen LogP contribution in [0.4, 0.5) is 5.69 Å². The Bertz CT molecular complexity index is 610. The van der Waals surface area contributed by atoms with Crippen LogP contribution in [0.5, 0.6) is 0 Å². The van der Waals surface area contributed by atoms with Gasteiger partial charge >= 0.3 is 5.97 Å². The predicted molar refractivity (Wildman–Crippen MR) is 80.7 cm³/mol. The lowest BCUT2D eigenvalue weighted by atomic mass is 10.2. The van der Waals surface area contributed by atoms with Crippen molar-refractivity contribution in [3.05, 3.63) is 45.7 Å². The van der Waals surface area contributed by atoms with Crippen LogP contribution in [-0.4, -0.2) is 22.8 Å². The van der Waals surface area contributed by atoms with Gasteiger partial charge in [-0.2, -0.15) is 5.10 Å². The van der Waals surface area contributed by atoms with Crippen LogP contribution < -0.4 is 5.32 Å². The van der Waals surface area contributed by atoms with Gasteiger partial charge in [-0.1, -0.05) is 0 Å². The van der Waals surface area contributed by atoms with Gasteiger partial charge in [0.2, 0.25) is 0 Å². The van der Waals surface area contributed by atoms with Crippen LogP contribution >= 0.6 is 15.9 Å². The first kappa shape index (κ1) is 14.6. The highest BCUT2D eigenvalue weighted by atomic mass is 79.9. The molecule has 1 aromatic heterocycles. The summed E-state index contributed by atoms with van der Waals surface area (Å²) in [6.07, 6.45) is 1.79. The third-order valence-corrected chi connectivity index (χ3v) is 3.54. The molecular formula is C14H16BrN3O2. The molecule has 2 rings (SSSR count). The Morgan fingerprint density at radius 3 is 2.90 bits per heavy atom. The van der Waals surface area contributed by atoms with Crippen molar-refractivity contribution in [3.8, 4) is 0 Å². The van der Waals surface area contributed by atoms with Gasteiger partial charge < -0.3 is 10.1 Å². The molecule has 2 N–H and O–H groups in total. The molecule has 0 saturated carbocycles. The molecule has 0 atom stereocenters. The zero-order valence-corrected chi connectivity index (χ0v) is 13.0. The molecule has 6 heteroatoms. The molecule has 0 fully saturated rings. The fourth-order valence-electron chi connectivity index (χ4n) is 1.74. The largest absolute Gasteiger partial charge is 0.462 e. The molecule has 0 aliphatic heterocycles. The van der Waals surface area contributed by atoms with Crippen LogP contribution in [0, 0.1) is 6.92 Å². The highest BCUT2D eigenvalue weighted by molar-refractivity contribution is 9.10. The lowest BCUT2D eigenvalue weighted by Crippen LogP contribution is -2.06. The molecule has 0 saturated heterocycles. The van der Waals surface area contributed by atoms with Crippen molar-refractivity contribution >= 4 is 27.6 Å². The standard InChI is InChI=1S/C14H16BrN3O2/c1-3-20-14(19)10-4-5-13(12(15)6-10)16-7-11-8-17-18-9(11)2/h4-6,8,16H,3,7H2,1-2H3,(H,17,18). The quantitative estimate of drug-likeness (QED) is 0.821. The number of carbonyl (C=O) groups excluding carboxylic acids is 1. The van der Waals surface area contributed by atoms with Gasteiger partial charge in [0.1, 0.15) is 0 Å². The average molecular weight is 338 g/mol. The molecule has 0 unspecified atom stereocenters. The van der Waals surface area contributed by atoms with Crippen molar-refractivity contribution < 1.29 is 9.53 Å². The highest BCUT2D eigenvalue weighted by Crippen LogP contribution is 2.24. The Hall–Kier alpha value is -1.82. The number of nitrogens with one attached hydrogen (secondary N) is 2. The van der Waals surface area contributed by atoms with Crippen LogP contribution in [0.25, 0.3) is 0 Å². The minimum atomic E-state index is -0.314. The number of benzene rings is 1. The first-order valence-corrected chi connectivity index (χ1v) is 7.10. The summed E-state index contributed by atoms with van der Waals surface area (Å²) in [6.45, 7) is 4.80. The van der Waals surface area contributed by atoms with Gasteiger partial charge in [0.15, 0.2) is 0 Å². The van der Waals surface area contributed by atoms with Crippen LogP contribution in [0.15, 0.2) is 28.9 Å². The minimum Gasteiger partial charge on any atom is -0.462 e. The van der Waals surface area contributed by atoms with Crippen LogP contribution in [-0.2, 0) is 11.3 Å². The van der Waals surface area contributed by atoms with Gasteiger partial charge in [0, 0.05) is 28.0 Å². The maximum atomic E-state index is 11.6. The summed E-state index contributed by atoms with van der Waals surface area (Å²) >= 11 is 3.46. The van der Waals surface area contributed by atoms with Crippen LogP contribution in [0.3, 0.4) is 0 Å². The molecule has 0 radical (unpaired) electrons. The summed E-state index contributed by atoms with van der Waals surface area (Å²) in [7, 11) is 0. The second kappa shape index (κ2) is 6.56. The fourth-order valence-corrected chi connectivity index (χ4v) is 2.26. The number of halogens is 1. The van der Waals surface area contributed by atoms with Crippen molar-refractivity contribution in [2.45, 2.75) is 20.4 Å². The molecule has 1 aromatic carbocycles. The van der Waals surface area contributed by atoms with E-state index in [4.69, 9.17) is 4.74 Å². The summed E-state index contributed by atoms with van der Waals surface area (Å²) in [5.74, 6) is -0.314. The maximum absolute atomic E-state index is 11.6. The van der Waals surface area contributed by atoms with E-state index < -0.39 is 0 Å². The van der Waals surface area contributed by atoms with E-state index in [-0.39, 0.29) is 5.97 Å². The Morgan fingerprint density at radius 1 is 1.50 bits per heavy atom.